The first-order chi connectivity index (χ1) is 29.6. The summed E-state index contributed by atoms with van der Waals surface area (Å²) >= 11 is 0. The smallest absolute Gasteiger partial charge is 0.200 e. The standard InChI is InChI=1S/C24BF20.C14H13N2O2S/c26-5-1(6(27)14(35)21(42)13(5)34)25(2-7(28)15(36)22(43)16(37)8(2)29,3-9(30)17(38)23(44)18(39)10(3)31)4-11(32)19(40)24(45)20(41)12(4)33;1-19(2,18)10-13(12(8-15)9-16)14(17)11-6-4-3-5-7-11/h;3-7H,10H2,1-2H3/q-1;+1. The first-order valence-electron chi connectivity index (χ1n) is 16.4. The maximum absolute atomic E-state index is 15.4. The number of carbonyl (C=O) groups is 1. The zero-order valence-electron chi connectivity index (χ0n) is 30.8. The van der Waals surface area contributed by atoms with Crippen LogP contribution in [0.4, 0.5) is 87.8 Å². The molecule has 0 amide bonds. The Morgan fingerprint density at radius 3 is 0.859 bits per heavy atom. The molecule has 0 N–H and O–H groups in total. The molecule has 336 valence electrons. The largest absolute Gasteiger partial charge is 0.289 e. The number of Topliss-reactive ketones (excluding diaryl/α,β-unsaturated/α-hetero) is 1. The Bertz CT molecular complexity index is 2560. The summed E-state index contributed by atoms with van der Waals surface area (Å²) < 4.78 is 306. The molecule has 5 aromatic carbocycles. The number of nitrogens with zero attached hydrogens (tertiary/aromatic N) is 2. The van der Waals surface area contributed by atoms with Crippen LogP contribution in [0, 0.1) is 139 Å². The molecule has 0 radical (unpaired) electrons. The van der Waals surface area contributed by atoms with Gasteiger partial charge in [0, 0.05) is 5.56 Å². The molecule has 0 fully saturated rings. The van der Waals surface area contributed by atoms with Crippen molar-refractivity contribution in [1.82, 2.24) is 0 Å². The number of halogens is 20. The van der Waals surface area contributed by atoms with Crippen molar-refractivity contribution in [3.05, 3.63) is 163 Å². The molecule has 5 rings (SSSR count). The number of rotatable bonds is 8. The summed E-state index contributed by atoms with van der Waals surface area (Å²) in [6.07, 6.45) is -4.22. The van der Waals surface area contributed by atoms with Crippen LogP contribution in [0.2, 0.25) is 0 Å². The van der Waals surface area contributed by atoms with Gasteiger partial charge in [-0.05, 0) is 0 Å². The Morgan fingerprint density at radius 1 is 0.438 bits per heavy atom. The molecule has 0 saturated carbocycles. The Kier molecular flexibility index (Phi) is 14.2. The normalized spacial score (nSPS) is 11.4. The fourth-order valence-electron chi connectivity index (χ4n) is 6.40. The predicted molar refractivity (Wildman–Crippen MR) is 183 cm³/mol. The van der Waals surface area contributed by atoms with Crippen molar-refractivity contribution in [3.63, 3.8) is 0 Å². The molecule has 0 atom stereocenters. The molecular weight excluding hydrogens is 939 g/mol. The van der Waals surface area contributed by atoms with Crippen LogP contribution in [0.1, 0.15) is 10.4 Å². The van der Waals surface area contributed by atoms with Crippen molar-refractivity contribution in [3.8, 4) is 12.1 Å². The van der Waals surface area contributed by atoms with E-state index in [9.17, 15) is 61.7 Å². The zero-order chi connectivity index (χ0) is 48.8. The number of allylic oxidation sites excluding steroid dienone is 1. The summed E-state index contributed by atoms with van der Waals surface area (Å²) in [5, 5.41) is 17.8. The SMILES string of the molecule is C[S+](C)(=O)CC(C(=O)c1ccccc1)=C(C#N)C#N.Fc1c(F)c(F)c([B-](c2c(F)c(F)c(F)c(F)c2F)(c2c(F)c(F)c(F)c(F)c2F)c2c(F)c(F)c(F)c(F)c2F)c(F)c1F. The molecule has 4 nitrogen and oxygen atoms in total. The zero-order valence-corrected chi connectivity index (χ0v) is 31.7. The summed E-state index contributed by atoms with van der Waals surface area (Å²) in [6, 6.07) is 11.7. The Morgan fingerprint density at radius 2 is 0.656 bits per heavy atom. The molecule has 0 saturated heterocycles. The maximum atomic E-state index is 15.4. The van der Waals surface area contributed by atoms with Gasteiger partial charge in [-0.15, -0.1) is 26.1 Å². The Labute approximate surface area is 344 Å². The van der Waals surface area contributed by atoms with Crippen LogP contribution in [0.5, 0.6) is 0 Å². The van der Waals surface area contributed by atoms with Crippen LogP contribution in [0.3, 0.4) is 0 Å². The van der Waals surface area contributed by atoms with Crippen molar-refractivity contribution in [2.45, 2.75) is 0 Å². The minimum absolute atomic E-state index is 0.0196. The average Bonchev–Trinajstić information content (AvgIpc) is 3.26. The van der Waals surface area contributed by atoms with Crippen molar-refractivity contribution >= 4 is 43.7 Å². The van der Waals surface area contributed by atoms with E-state index in [-0.39, 0.29) is 16.9 Å². The van der Waals surface area contributed by atoms with E-state index >= 15 is 35.1 Å². The van der Waals surface area contributed by atoms with Gasteiger partial charge in [0.25, 0.3) is 0 Å². The highest BCUT2D eigenvalue weighted by molar-refractivity contribution is 8.01. The molecule has 26 heteroatoms. The highest BCUT2D eigenvalue weighted by atomic mass is 32.2. The van der Waals surface area contributed by atoms with Crippen molar-refractivity contribution in [1.29, 1.82) is 10.5 Å². The van der Waals surface area contributed by atoms with Crippen LogP contribution in [-0.2, 0) is 14.1 Å². The summed E-state index contributed by atoms with van der Waals surface area (Å²) in [7, 11) is -2.27. The molecule has 0 heterocycles. The Balaban J connectivity index is 0.000000395. The second-order valence-electron chi connectivity index (χ2n) is 13.2. The van der Waals surface area contributed by atoms with Gasteiger partial charge in [-0.3, -0.25) is 4.79 Å². The molecule has 0 bridgehead atoms. The average molecular weight is 952 g/mol. The lowest BCUT2D eigenvalue weighted by Gasteiger charge is -2.44. The first-order valence-corrected chi connectivity index (χ1v) is 18.9. The number of carbonyl (C=O) groups excluding carboxylic acids is 1. The highest BCUT2D eigenvalue weighted by Crippen LogP contribution is 2.31. The topological polar surface area (TPSA) is 81.7 Å². The van der Waals surface area contributed by atoms with Gasteiger partial charge < -0.3 is 0 Å². The first kappa shape index (κ1) is 50.0. The predicted octanol–water partition coefficient (Wildman–Crippen LogP) is 7.82. The molecule has 5 aromatic rings. The summed E-state index contributed by atoms with van der Waals surface area (Å²) in [5.41, 5.74) is -14.2. The van der Waals surface area contributed by atoms with E-state index in [4.69, 9.17) is 10.5 Å². The fraction of sp³-hybridized carbons (Fsp3) is 0.0789. The third-order valence-corrected chi connectivity index (χ3v) is 10.0. The van der Waals surface area contributed by atoms with E-state index < -0.39 is 160 Å². The van der Waals surface area contributed by atoms with Gasteiger partial charge in [0.15, 0.2) is 75.6 Å². The van der Waals surface area contributed by atoms with Crippen LogP contribution < -0.4 is 21.9 Å². The molecular formula is C38H13BF20N2O2S. The second-order valence-corrected chi connectivity index (χ2v) is 16.3. The van der Waals surface area contributed by atoms with Gasteiger partial charge in [-0.1, -0.05) is 30.3 Å². The highest BCUT2D eigenvalue weighted by Gasteiger charge is 2.52. The van der Waals surface area contributed by atoms with Crippen LogP contribution in [-0.4, -0.2) is 30.2 Å². The summed E-state index contributed by atoms with van der Waals surface area (Å²) in [5.74, 6) is -71.9. The molecule has 64 heavy (non-hydrogen) atoms. The van der Waals surface area contributed by atoms with E-state index in [0.717, 1.165) is 0 Å². The van der Waals surface area contributed by atoms with Gasteiger partial charge in [0.2, 0.25) is 0 Å². The molecule has 0 aliphatic rings. The number of nitriles is 2. The third-order valence-electron chi connectivity index (χ3n) is 9.03. The van der Waals surface area contributed by atoms with Gasteiger partial charge in [0.1, 0.15) is 88.7 Å². The van der Waals surface area contributed by atoms with Crippen molar-refractivity contribution < 1.29 is 96.8 Å². The van der Waals surface area contributed by atoms with Crippen LogP contribution in [0.15, 0.2) is 41.5 Å². The molecule has 0 aromatic heterocycles. The summed E-state index contributed by atoms with van der Waals surface area (Å²) in [4.78, 5) is 12.3. The van der Waals surface area contributed by atoms with Crippen molar-refractivity contribution in [2.24, 2.45) is 0 Å². The second kappa shape index (κ2) is 18.2. The van der Waals surface area contributed by atoms with Gasteiger partial charge >= 0.3 is 0 Å². The number of hydrogen-bond donors (Lipinski definition) is 0. The lowest BCUT2D eigenvalue weighted by Crippen LogP contribution is -2.81. The van der Waals surface area contributed by atoms with E-state index in [1.807, 2.05) is 0 Å². The van der Waals surface area contributed by atoms with E-state index in [1.54, 1.807) is 42.5 Å². The fourth-order valence-corrected chi connectivity index (χ4v) is 7.37. The molecule has 0 spiro atoms. The number of ketones is 1. The minimum Gasteiger partial charge on any atom is -0.289 e. The van der Waals surface area contributed by atoms with Gasteiger partial charge in [-0.25, -0.2) is 87.8 Å². The maximum Gasteiger partial charge on any atom is 0.200 e. The molecule has 0 aliphatic carbocycles. The minimum atomic E-state index is -7.22. The molecule has 0 aliphatic heterocycles. The monoisotopic (exact) mass is 952 g/mol. The van der Waals surface area contributed by atoms with Gasteiger partial charge in [-0.2, -0.15) is 10.5 Å². The van der Waals surface area contributed by atoms with Crippen LogP contribution >= 0.6 is 0 Å². The number of hydrogen-bond acceptors (Lipinski definition) is 4. The lowest BCUT2D eigenvalue weighted by atomic mass is 9.12. The quantitative estimate of drug-likeness (QED) is 0.0233. The van der Waals surface area contributed by atoms with E-state index in [1.165, 1.54) is 12.5 Å². The molecule has 0 unspecified atom stereocenters. The summed E-state index contributed by atoms with van der Waals surface area (Å²) in [6.45, 7) is 0. The third kappa shape index (κ3) is 8.05. The number of benzene rings is 5. The van der Waals surface area contributed by atoms with Crippen molar-refractivity contribution in [2.75, 3.05) is 18.3 Å². The van der Waals surface area contributed by atoms with Gasteiger partial charge in [0.05, 0.1) is 15.5 Å². The van der Waals surface area contributed by atoms with E-state index in [2.05, 4.69) is 0 Å². The van der Waals surface area contributed by atoms with E-state index in [0.29, 0.717) is 5.56 Å². The van der Waals surface area contributed by atoms with Crippen LogP contribution in [0.25, 0.3) is 0 Å². The lowest BCUT2D eigenvalue weighted by molar-refractivity contribution is 0.103. The Hall–Kier alpha value is -6.70.